The quantitative estimate of drug-likeness (QED) is 0.584. The summed E-state index contributed by atoms with van der Waals surface area (Å²) in [5.74, 6) is 6.01. The Morgan fingerprint density at radius 3 is 2.48 bits per heavy atom. The van der Waals surface area contributed by atoms with Crippen molar-refractivity contribution >= 4 is 0 Å². The summed E-state index contributed by atoms with van der Waals surface area (Å²) >= 11 is 0. The van der Waals surface area contributed by atoms with Crippen LogP contribution in [0, 0.1) is 0 Å². The van der Waals surface area contributed by atoms with E-state index in [1.54, 1.807) is 0 Å². The van der Waals surface area contributed by atoms with Crippen LogP contribution < -0.4 is 11.3 Å². The molecule has 0 spiro atoms. The SMILES string of the molecule is NNC(CCC1CCCO1)C1(N2CCCCC2)CCCC1. The Hall–Kier alpha value is -0.160. The van der Waals surface area contributed by atoms with Gasteiger partial charge in [-0.2, -0.15) is 0 Å². The minimum absolute atomic E-state index is 0.327. The minimum Gasteiger partial charge on any atom is -0.378 e. The second-order valence-corrected chi connectivity index (χ2v) is 7.29. The largest absolute Gasteiger partial charge is 0.378 e. The average Bonchev–Trinajstić information content (AvgIpc) is 3.21. The first-order chi connectivity index (χ1) is 10.3. The number of nitrogens with two attached hydrogens (primary N) is 1. The fourth-order valence-corrected chi connectivity index (χ4v) is 4.94. The second kappa shape index (κ2) is 7.40. The van der Waals surface area contributed by atoms with Crippen LogP contribution in [0.1, 0.15) is 70.6 Å². The van der Waals surface area contributed by atoms with Crippen LogP contribution in [0.2, 0.25) is 0 Å². The van der Waals surface area contributed by atoms with Gasteiger partial charge >= 0.3 is 0 Å². The third kappa shape index (κ3) is 3.44. The predicted molar refractivity (Wildman–Crippen MR) is 85.9 cm³/mol. The summed E-state index contributed by atoms with van der Waals surface area (Å²) in [4.78, 5) is 2.78. The zero-order valence-electron chi connectivity index (χ0n) is 13.5. The number of piperidine rings is 1. The van der Waals surface area contributed by atoms with Crippen LogP contribution in [0.4, 0.5) is 0 Å². The van der Waals surface area contributed by atoms with E-state index in [1.165, 1.54) is 77.3 Å². The van der Waals surface area contributed by atoms with E-state index in [2.05, 4.69) is 10.3 Å². The van der Waals surface area contributed by atoms with Gasteiger partial charge in [0.25, 0.3) is 0 Å². The van der Waals surface area contributed by atoms with Gasteiger partial charge in [0.1, 0.15) is 0 Å². The molecule has 3 fully saturated rings. The molecular formula is C17H33N3O. The van der Waals surface area contributed by atoms with Gasteiger partial charge in [0.15, 0.2) is 0 Å². The molecule has 2 saturated heterocycles. The van der Waals surface area contributed by atoms with Crippen molar-refractivity contribution in [3.05, 3.63) is 0 Å². The molecular weight excluding hydrogens is 262 g/mol. The van der Waals surface area contributed by atoms with Crippen LogP contribution in [-0.2, 0) is 4.74 Å². The molecule has 0 amide bonds. The second-order valence-electron chi connectivity index (χ2n) is 7.29. The number of likely N-dealkylation sites (tertiary alicyclic amines) is 1. The van der Waals surface area contributed by atoms with Crippen molar-refractivity contribution in [2.75, 3.05) is 19.7 Å². The number of nitrogens with one attached hydrogen (secondary N) is 1. The van der Waals surface area contributed by atoms with E-state index in [0.717, 1.165) is 13.0 Å². The van der Waals surface area contributed by atoms with Gasteiger partial charge in [0, 0.05) is 18.2 Å². The van der Waals surface area contributed by atoms with Gasteiger partial charge in [-0.15, -0.1) is 0 Å². The van der Waals surface area contributed by atoms with Crippen molar-refractivity contribution in [1.82, 2.24) is 10.3 Å². The molecule has 0 aromatic rings. The van der Waals surface area contributed by atoms with E-state index < -0.39 is 0 Å². The predicted octanol–water partition coefficient (Wildman–Crippen LogP) is 2.58. The van der Waals surface area contributed by atoms with Gasteiger partial charge in [-0.1, -0.05) is 19.3 Å². The molecule has 1 saturated carbocycles. The Bertz CT molecular complexity index is 305. The molecule has 2 heterocycles. The Morgan fingerprint density at radius 2 is 1.86 bits per heavy atom. The summed E-state index contributed by atoms with van der Waals surface area (Å²) in [7, 11) is 0. The summed E-state index contributed by atoms with van der Waals surface area (Å²) in [6, 6.07) is 0.433. The van der Waals surface area contributed by atoms with E-state index in [1.807, 2.05) is 0 Å². The fourth-order valence-electron chi connectivity index (χ4n) is 4.94. The highest BCUT2D eigenvalue weighted by Gasteiger charge is 2.45. The highest BCUT2D eigenvalue weighted by molar-refractivity contribution is 5.03. The van der Waals surface area contributed by atoms with Crippen LogP contribution in [0.5, 0.6) is 0 Å². The van der Waals surface area contributed by atoms with Crippen LogP contribution in [0.15, 0.2) is 0 Å². The fraction of sp³-hybridized carbons (Fsp3) is 1.00. The van der Waals surface area contributed by atoms with Crippen LogP contribution in [-0.4, -0.2) is 42.3 Å². The molecule has 3 rings (SSSR count). The summed E-state index contributed by atoms with van der Waals surface area (Å²) in [5.41, 5.74) is 3.54. The molecule has 1 aliphatic carbocycles. The Labute approximate surface area is 129 Å². The molecule has 2 unspecified atom stereocenters. The highest BCUT2D eigenvalue weighted by Crippen LogP contribution is 2.41. The van der Waals surface area contributed by atoms with Gasteiger partial charge in [-0.3, -0.25) is 16.2 Å². The molecule has 2 aliphatic heterocycles. The molecule has 0 radical (unpaired) electrons. The molecule has 0 aromatic heterocycles. The lowest BCUT2D eigenvalue weighted by molar-refractivity contribution is 0.0259. The summed E-state index contributed by atoms with van der Waals surface area (Å²) in [6.45, 7) is 3.51. The van der Waals surface area contributed by atoms with E-state index >= 15 is 0 Å². The van der Waals surface area contributed by atoms with Crippen LogP contribution in [0.3, 0.4) is 0 Å². The minimum atomic E-state index is 0.327. The summed E-state index contributed by atoms with van der Waals surface area (Å²) in [6.07, 6.45) is 14.8. The molecule has 122 valence electrons. The average molecular weight is 295 g/mol. The number of nitrogens with zero attached hydrogens (tertiary/aromatic N) is 1. The topological polar surface area (TPSA) is 50.5 Å². The first-order valence-electron chi connectivity index (χ1n) is 9.18. The smallest absolute Gasteiger partial charge is 0.0576 e. The molecule has 2 atom stereocenters. The van der Waals surface area contributed by atoms with Gasteiger partial charge in [-0.25, -0.2) is 0 Å². The van der Waals surface area contributed by atoms with E-state index in [4.69, 9.17) is 10.6 Å². The van der Waals surface area contributed by atoms with Crippen LogP contribution in [0.25, 0.3) is 0 Å². The molecule has 3 aliphatic rings. The third-order valence-electron chi connectivity index (χ3n) is 6.11. The Balaban J connectivity index is 1.64. The normalized spacial score (nSPS) is 31.6. The number of hydrogen-bond donors (Lipinski definition) is 2. The molecule has 0 bridgehead atoms. The Kier molecular flexibility index (Phi) is 5.54. The first-order valence-corrected chi connectivity index (χ1v) is 9.18. The van der Waals surface area contributed by atoms with Gasteiger partial charge < -0.3 is 4.74 Å². The maximum atomic E-state index is 6.01. The van der Waals surface area contributed by atoms with Crippen molar-refractivity contribution < 1.29 is 4.74 Å². The number of hydrazine groups is 1. The summed E-state index contributed by atoms with van der Waals surface area (Å²) < 4.78 is 5.81. The van der Waals surface area contributed by atoms with Crippen molar-refractivity contribution in [1.29, 1.82) is 0 Å². The lowest BCUT2D eigenvalue weighted by Crippen LogP contribution is -2.62. The first kappa shape index (κ1) is 15.7. The molecule has 4 nitrogen and oxygen atoms in total. The molecule has 21 heavy (non-hydrogen) atoms. The zero-order chi connectivity index (χ0) is 14.5. The number of ether oxygens (including phenoxy) is 1. The molecule has 0 aromatic carbocycles. The third-order valence-corrected chi connectivity index (χ3v) is 6.11. The standard InChI is InChI=1S/C17H33N3O/c18-19-16(9-8-15-7-6-14-21-15)17(10-2-3-11-17)20-12-4-1-5-13-20/h15-16,19H,1-14,18H2. The lowest BCUT2D eigenvalue weighted by Gasteiger charge is -2.48. The Morgan fingerprint density at radius 1 is 1.10 bits per heavy atom. The van der Waals surface area contributed by atoms with E-state index in [9.17, 15) is 0 Å². The van der Waals surface area contributed by atoms with Gasteiger partial charge in [0.2, 0.25) is 0 Å². The molecule has 4 heteroatoms. The van der Waals surface area contributed by atoms with Gasteiger partial charge in [-0.05, 0) is 64.5 Å². The van der Waals surface area contributed by atoms with Crippen molar-refractivity contribution in [2.24, 2.45) is 5.84 Å². The summed E-state index contributed by atoms with van der Waals surface area (Å²) in [5, 5.41) is 0. The van der Waals surface area contributed by atoms with E-state index in [-0.39, 0.29) is 0 Å². The van der Waals surface area contributed by atoms with Crippen molar-refractivity contribution in [2.45, 2.75) is 88.3 Å². The highest BCUT2D eigenvalue weighted by atomic mass is 16.5. The van der Waals surface area contributed by atoms with Crippen molar-refractivity contribution in [3.8, 4) is 0 Å². The zero-order valence-corrected chi connectivity index (χ0v) is 13.5. The van der Waals surface area contributed by atoms with E-state index in [0.29, 0.717) is 17.7 Å². The number of rotatable bonds is 6. The lowest BCUT2D eigenvalue weighted by atomic mass is 9.82. The number of hydrogen-bond acceptors (Lipinski definition) is 4. The maximum Gasteiger partial charge on any atom is 0.0576 e. The van der Waals surface area contributed by atoms with Crippen molar-refractivity contribution in [3.63, 3.8) is 0 Å². The van der Waals surface area contributed by atoms with Gasteiger partial charge in [0.05, 0.1) is 6.10 Å². The maximum absolute atomic E-state index is 6.01. The monoisotopic (exact) mass is 295 g/mol. The molecule has 3 N–H and O–H groups in total. The van der Waals surface area contributed by atoms with Crippen LogP contribution >= 0.6 is 0 Å².